The molecule has 0 radical (unpaired) electrons. The first-order valence-electron chi connectivity index (χ1n) is 7.02. The van der Waals surface area contributed by atoms with Crippen LogP contribution in [0.1, 0.15) is 30.8 Å². The number of fused-ring (bicyclic) bond motifs is 1. The largest absolute Gasteiger partial charge is 0.319 e. The fourth-order valence-corrected chi connectivity index (χ4v) is 3.34. The molecule has 1 heterocycles. The zero-order valence-electron chi connectivity index (χ0n) is 11.8. The Hall–Kier alpha value is -1.32. The van der Waals surface area contributed by atoms with Crippen LogP contribution in [0.25, 0.3) is 11.0 Å². The van der Waals surface area contributed by atoms with E-state index in [9.17, 15) is 0 Å². The van der Waals surface area contributed by atoms with Crippen molar-refractivity contribution in [3.05, 3.63) is 64.4 Å². The van der Waals surface area contributed by atoms with Crippen LogP contribution in [-0.2, 0) is 5.88 Å². The van der Waals surface area contributed by atoms with Gasteiger partial charge in [-0.25, -0.2) is 4.98 Å². The summed E-state index contributed by atoms with van der Waals surface area (Å²) < 4.78 is 3.30. The molecule has 0 bridgehead atoms. The summed E-state index contributed by atoms with van der Waals surface area (Å²) in [4.78, 5) is 4.69. The van der Waals surface area contributed by atoms with Crippen molar-refractivity contribution < 1.29 is 0 Å². The predicted octanol–water partition coefficient (Wildman–Crippen LogP) is 5.54. The Bertz CT molecular complexity index is 752. The molecule has 0 aliphatic heterocycles. The molecule has 3 rings (SSSR count). The fraction of sp³-hybridized carbons (Fsp3) is 0.235. The number of benzene rings is 2. The predicted molar refractivity (Wildman–Crippen MR) is 91.9 cm³/mol. The third-order valence-corrected chi connectivity index (χ3v) is 4.46. The molecule has 21 heavy (non-hydrogen) atoms. The van der Waals surface area contributed by atoms with Crippen LogP contribution in [0.4, 0.5) is 0 Å². The van der Waals surface area contributed by atoms with Crippen molar-refractivity contribution in [2.24, 2.45) is 0 Å². The van der Waals surface area contributed by atoms with Gasteiger partial charge in [0.25, 0.3) is 0 Å². The van der Waals surface area contributed by atoms with Crippen molar-refractivity contribution in [2.45, 2.75) is 25.3 Å². The van der Waals surface area contributed by atoms with Gasteiger partial charge in [0.1, 0.15) is 5.82 Å². The lowest BCUT2D eigenvalue weighted by Gasteiger charge is -2.20. The van der Waals surface area contributed by atoms with Gasteiger partial charge in [-0.2, -0.15) is 0 Å². The lowest BCUT2D eigenvalue weighted by molar-refractivity contribution is 0.565. The van der Waals surface area contributed by atoms with Gasteiger partial charge in [0.2, 0.25) is 0 Å². The highest BCUT2D eigenvalue weighted by atomic mass is 79.9. The molecule has 0 aliphatic rings. The summed E-state index contributed by atoms with van der Waals surface area (Å²) >= 11 is 9.64. The highest BCUT2D eigenvalue weighted by Gasteiger charge is 2.19. The lowest BCUT2D eigenvalue weighted by atomic mass is 10.0. The molecule has 1 aromatic heterocycles. The van der Waals surface area contributed by atoms with E-state index in [1.54, 1.807) is 0 Å². The molecular weight excluding hydrogens is 348 g/mol. The minimum absolute atomic E-state index is 0.256. The minimum atomic E-state index is 0.256. The van der Waals surface area contributed by atoms with E-state index >= 15 is 0 Å². The molecule has 0 aliphatic carbocycles. The highest BCUT2D eigenvalue weighted by Crippen LogP contribution is 2.30. The second-order valence-electron chi connectivity index (χ2n) is 5.00. The van der Waals surface area contributed by atoms with Crippen LogP contribution < -0.4 is 0 Å². The van der Waals surface area contributed by atoms with Gasteiger partial charge in [-0.05, 0) is 30.2 Å². The minimum Gasteiger partial charge on any atom is -0.319 e. The SMILES string of the molecule is CCC(c1ccccc1)n1c(CCl)nc2cc(Br)ccc21. The van der Waals surface area contributed by atoms with Crippen molar-refractivity contribution in [1.82, 2.24) is 9.55 Å². The average molecular weight is 364 g/mol. The van der Waals surface area contributed by atoms with Gasteiger partial charge >= 0.3 is 0 Å². The van der Waals surface area contributed by atoms with E-state index in [2.05, 4.69) is 68.8 Å². The van der Waals surface area contributed by atoms with E-state index in [0.717, 1.165) is 27.8 Å². The Morgan fingerprint density at radius 1 is 1.19 bits per heavy atom. The quantitative estimate of drug-likeness (QED) is 0.557. The number of halogens is 2. The van der Waals surface area contributed by atoms with Crippen molar-refractivity contribution in [2.75, 3.05) is 0 Å². The van der Waals surface area contributed by atoms with Gasteiger partial charge in [-0.3, -0.25) is 0 Å². The summed E-state index contributed by atoms with van der Waals surface area (Å²) in [6.07, 6.45) is 0.995. The lowest BCUT2D eigenvalue weighted by Crippen LogP contribution is -2.12. The van der Waals surface area contributed by atoms with Gasteiger partial charge in [0, 0.05) is 4.47 Å². The molecule has 1 unspecified atom stereocenters. The molecule has 0 fully saturated rings. The maximum absolute atomic E-state index is 6.14. The molecule has 3 aromatic rings. The molecule has 2 nitrogen and oxygen atoms in total. The van der Waals surface area contributed by atoms with E-state index in [0.29, 0.717) is 5.88 Å². The van der Waals surface area contributed by atoms with Gasteiger partial charge in [0.05, 0.1) is 23.0 Å². The topological polar surface area (TPSA) is 17.8 Å². The maximum atomic E-state index is 6.14. The van der Waals surface area contributed by atoms with Crippen LogP contribution in [0, 0.1) is 0 Å². The first kappa shape index (κ1) is 14.6. The van der Waals surface area contributed by atoms with Crippen LogP contribution in [0.15, 0.2) is 53.0 Å². The number of nitrogens with zero attached hydrogens (tertiary/aromatic N) is 2. The number of aromatic nitrogens is 2. The van der Waals surface area contributed by atoms with E-state index < -0.39 is 0 Å². The number of hydrogen-bond donors (Lipinski definition) is 0. The molecule has 0 saturated heterocycles. The summed E-state index contributed by atoms with van der Waals surface area (Å²) in [5, 5.41) is 0. The van der Waals surface area contributed by atoms with Crippen LogP contribution >= 0.6 is 27.5 Å². The van der Waals surface area contributed by atoms with E-state index in [1.165, 1.54) is 5.56 Å². The van der Waals surface area contributed by atoms with Crippen molar-refractivity contribution in [3.63, 3.8) is 0 Å². The van der Waals surface area contributed by atoms with Gasteiger partial charge in [-0.15, -0.1) is 11.6 Å². The smallest absolute Gasteiger partial charge is 0.125 e. The third-order valence-electron chi connectivity index (χ3n) is 3.73. The third kappa shape index (κ3) is 2.72. The zero-order valence-corrected chi connectivity index (χ0v) is 14.1. The van der Waals surface area contributed by atoms with Crippen LogP contribution in [0.5, 0.6) is 0 Å². The Kier molecular flexibility index (Phi) is 4.32. The molecular formula is C17H16BrClN2. The molecule has 0 amide bonds. The highest BCUT2D eigenvalue weighted by molar-refractivity contribution is 9.10. The molecule has 4 heteroatoms. The van der Waals surface area contributed by atoms with E-state index in [-0.39, 0.29) is 6.04 Å². The number of hydrogen-bond acceptors (Lipinski definition) is 1. The second-order valence-corrected chi connectivity index (χ2v) is 6.18. The summed E-state index contributed by atoms with van der Waals surface area (Å²) in [6.45, 7) is 2.19. The Labute approximate surface area is 137 Å². The van der Waals surface area contributed by atoms with E-state index in [4.69, 9.17) is 11.6 Å². The monoisotopic (exact) mass is 362 g/mol. The van der Waals surface area contributed by atoms with Gasteiger partial charge in [0.15, 0.2) is 0 Å². The Balaban J connectivity index is 2.22. The molecule has 1 atom stereocenters. The maximum Gasteiger partial charge on any atom is 0.125 e. The standard InChI is InChI=1S/C17H16BrClN2/c1-2-15(12-6-4-3-5-7-12)21-16-9-8-13(18)10-14(16)20-17(21)11-19/h3-10,15H,2,11H2,1H3. The van der Waals surface area contributed by atoms with Crippen LogP contribution in [0.3, 0.4) is 0 Å². The normalized spacial score (nSPS) is 12.7. The first-order valence-corrected chi connectivity index (χ1v) is 8.34. The molecule has 0 N–H and O–H groups in total. The zero-order chi connectivity index (χ0) is 14.8. The second kappa shape index (κ2) is 6.20. The Morgan fingerprint density at radius 2 is 1.95 bits per heavy atom. The number of imidazole rings is 1. The summed E-state index contributed by atoms with van der Waals surface area (Å²) in [6, 6.07) is 17.0. The van der Waals surface area contributed by atoms with Gasteiger partial charge < -0.3 is 4.57 Å². The number of alkyl halides is 1. The summed E-state index contributed by atoms with van der Waals surface area (Å²) in [5.41, 5.74) is 3.40. The molecule has 0 spiro atoms. The average Bonchev–Trinajstić information content (AvgIpc) is 2.87. The number of rotatable bonds is 4. The van der Waals surface area contributed by atoms with E-state index in [1.807, 2.05) is 12.1 Å². The van der Waals surface area contributed by atoms with Crippen LogP contribution in [0.2, 0.25) is 0 Å². The first-order chi connectivity index (χ1) is 10.2. The van der Waals surface area contributed by atoms with Crippen molar-refractivity contribution in [1.29, 1.82) is 0 Å². The van der Waals surface area contributed by atoms with Crippen molar-refractivity contribution in [3.8, 4) is 0 Å². The summed E-state index contributed by atoms with van der Waals surface area (Å²) in [7, 11) is 0. The molecule has 0 saturated carbocycles. The van der Waals surface area contributed by atoms with Gasteiger partial charge in [-0.1, -0.05) is 53.2 Å². The fourth-order valence-electron chi connectivity index (χ4n) is 2.81. The van der Waals surface area contributed by atoms with Crippen LogP contribution in [-0.4, -0.2) is 9.55 Å². The summed E-state index contributed by atoms with van der Waals surface area (Å²) in [5.74, 6) is 1.33. The molecule has 108 valence electrons. The molecule has 2 aromatic carbocycles. The Morgan fingerprint density at radius 3 is 2.62 bits per heavy atom. The van der Waals surface area contributed by atoms with Crippen molar-refractivity contribution >= 4 is 38.6 Å².